The van der Waals surface area contributed by atoms with Crippen molar-refractivity contribution >= 4 is 46.7 Å². The van der Waals surface area contributed by atoms with E-state index < -0.39 is 0 Å². The van der Waals surface area contributed by atoms with Crippen LogP contribution in [0, 0.1) is 6.92 Å². The van der Waals surface area contributed by atoms with Gasteiger partial charge in [0.1, 0.15) is 18.1 Å². The number of fused-ring (bicyclic) bond motifs is 1. The molecule has 0 spiro atoms. The van der Waals surface area contributed by atoms with Crippen LogP contribution < -0.4 is 9.47 Å². The minimum Gasteiger partial charge on any atom is -0.488 e. The summed E-state index contributed by atoms with van der Waals surface area (Å²) in [6, 6.07) is 16.1. The number of ether oxygens (including phenoxy) is 2. The highest BCUT2D eigenvalue weighted by Crippen LogP contribution is 2.39. The van der Waals surface area contributed by atoms with E-state index in [1.807, 2.05) is 31.2 Å². The summed E-state index contributed by atoms with van der Waals surface area (Å²) in [7, 11) is 0. The molecule has 0 radical (unpaired) electrons. The Morgan fingerprint density at radius 3 is 2.59 bits per heavy atom. The van der Waals surface area contributed by atoms with Gasteiger partial charge in [0.15, 0.2) is 5.76 Å². The summed E-state index contributed by atoms with van der Waals surface area (Å²) in [5, 5.41) is 1.52. The summed E-state index contributed by atoms with van der Waals surface area (Å²) in [4.78, 5) is 12.7. The largest absolute Gasteiger partial charge is 0.488 e. The van der Waals surface area contributed by atoms with Crippen LogP contribution in [-0.2, 0) is 6.61 Å². The van der Waals surface area contributed by atoms with Crippen molar-refractivity contribution in [2.75, 3.05) is 0 Å². The fourth-order valence-electron chi connectivity index (χ4n) is 3.07. The Morgan fingerprint density at radius 1 is 1.00 bits per heavy atom. The van der Waals surface area contributed by atoms with Gasteiger partial charge in [0.05, 0.1) is 15.6 Å². The van der Waals surface area contributed by atoms with Gasteiger partial charge in [-0.05, 0) is 60.5 Å². The molecule has 146 valence electrons. The molecule has 0 unspecified atom stereocenters. The van der Waals surface area contributed by atoms with E-state index in [1.165, 1.54) is 0 Å². The monoisotopic (exact) mass is 444 g/mol. The number of carbonyl (C=O) groups excluding carboxylic acids is 1. The van der Waals surface area contributed by atoms with E-state index in [2.05, 4.69) is 0 Å². The number of carbonyl (C=O) groups is 1. The number of hydrogen-bond donors (Lipinski definition) is 0. The molecular formula is C23H15Cl3O3. The normalized spacial score (nSPS) is 14.1. The van der Waals surface area contributed by atoms with Crippen molar-refractivity contribution in [2.24, 2.45) is 0 Å². The molecule has 0 atom stereocenters. The van der Waals surface area contributed by atoms with E-state index in [4.69, 9.17) is 44.3 Å². The SMILES string of the molecule is Cc1c(OCc2cccc(Cl)c2)ccc2c1O/C(=C\c1ccc(Cl)c(Cl)c1)C2=O. The van der Waals surface area contributed by atoms with Crippen LogP contribution in [-0.4, -0.2) is 5.78 Å². The Bertz CT molecular complexity index is 1150. The van der Waals surface area contributed by atoms with E-state index in [9.17, 15) is 4.79 Å². The molecule has 29 heavy (non-hydrogen) atoms. The Kier molecular flexibility index (Phi) is 5.55. The zero-order chi connectivity index (χ0) is 20.5. The van der Waals surface area contributed by atoms with Crippen LogP contribution in [0.25, 0.3) is 6.08 Å². The number of Topliss-reactive ketones (excluding diaryl/α,β-unsaturated/α-hetero) is 1. The molecule has 1 heterocycles. The van der Waals surface area contributed by atoms with Gasteiger partial charge in [0, 0.05) is 10.6 Å². The highest BCUT2D eigenvalue weighted by atomic mass is 35.5. The number of halogens is 3. The van der Waals surface area contributed by atoms with Crippen molar-refractivity contribution in [3.63, 3.8) is 0 Å². The van der Waals surface area contributed by atoms with Gasteiger partial charge in [-0.2, -0.15) is 0 Å². The summed E-state index contributed by atoms with van der Waals surface area (Å²) in [5.41, 5.74) is 2.94. The molecule has 3 aromatic carbocycles. The number of allylic oxidation sites excluding steroid dienone is 1. The molecule has 4 rings (SSSR count). The van der Waals surface area contributed by atoms with Crippen molar-refractivity contribution in [1.82, 2.24) is 0 Å². The van der Waals surface area contributed by atoms with Crippen LogP contribution >= 0.6 is 34.8 Å². The molecule has 0 amide bonds. The molecule has 0 saturated heterocycles. The van der Waals surface area contributed by atoms with Gasteiger partial charge in [0.2, 0.25) is 5.78 Å². The fraction of sp³-hybridized carbons (Fsp3) is 0.0870. The first kappa shape index (κ1) is 19.8. The van der Waals surface area contributed by atoms with Crippen LogP contribution in [0.15, 0.2) is 60.4 Å². The minimum absolute atomic E-state index is 0.185. The zero-order valence-electron chi connectivity index (χ0n) is 15.3. The van der Waals surface area contributed by atoms with Crippen molar-refractivity contribution in [1.29, 1.82) is 0 Å². The van der Waals surface area contributed by atoms with Gasteiger partial charge in [-0.1, -0.05) is 53.0 Å². The van der Waals surface area contributed by atoms with Gasteiger partial charge in [-0.15, -0.1) is 0 Å². The van der Waals surface area contributed by atoms with E-state index in [1.54, 1.807) is 36.4 Å². The molecule has 1 aliphatic rings. The molecule has 0 saturated carbocycles. The minimum atomic E-state index is -0.185. The summed E-state index contributed by atoms with van der Waals surface area (Å²) >= 11 is 18.0. The molecule has 0 bridgehead atoms. The van der Waals surface area contributed by atoms with Crippen LogP contribution in [0.2, 0.25) is 15.1 Å². The molecule has 3 nitrogen and oxygen atoms in total. The Hall–Kier alpha value is -2.46. The average molecular weight is 446 g/mol. The molecule has 0 fully saturated rings. The third-order valence-corrected chi connectivity index (χ3v) is 5.54. The molecule has 0 aliphatic carbocycles. The first-order chi connectivity index (χ1) is 13.9. The molecule has 3 aromatic rings. The number of ketones is 1. The lowest BCUT2D eigenvalue weighted by atomic mass is 10.1. The quantitative estimate of drug-likeness (QED) is 0.400. The average Bonchev–Trinajstić information content (AvgIpc) is 3.01. The standard InChI is InChI=1S/C23H15Cl3O3/c1-13-20(28-12-15-3-2-4-16(24)9-15)8-6-17-22(27)21(29-23(13)17)11-14-5-7-18(25)19(26)10-14/h2-11H,12H2,1H3/b21-11-. The Balaban J connectivity index is 1.58. The first-order valence-electron chi connectivity index (χ1n) is 8.82. The topological polar surface area (TPSA) is 35.5 Å². The summed E-state index contributed by atoms with van der Waals surface area (Å²) in [5.74, 6) is 1.20. The lowest BCUT2D eigenvalue weighted by molar-refractivity contribution is 0.101. The third-order valence-electron chi connectivity index (χ3n) is 4.56. The van der Waals surface area contributed by atoms with E-state index >= 15 is 0 Å². The predicted octanol–water partition coefficient (Wildman–Crippen LogP) is 7.15. The number of rotatable bonds is 4. The molecule has 1 aliphatic heterocycles. The second kappa shape index (κ2) is 8.11. The van der Waals surface area contributed by atoms with Crippen molar-refractivity contribution in [3.8, 4) is 11.5 Å². The molecular weight excluding hydrogens is 431 g/mol. The predicted molar refractivity (Wildman–Crippen MR) is 116 cm³/mol. The van der Waals surface area contributed by atoms with E-state index in [-0.39, 0.29) is 11.5 Å². The fourth-order valence-corrected chi connectivity index (χ4v) is 3.59. The maximum atomic E-state index is 12.7. The smallest absolute Gasteiger partial charge is 0.231 e. The first-order valence-corrected chi connectivity index (χ1v) is 9.96. The van der Waals surface area contributed by atoms with Gasteiger partial charge in [-0.25, -0.2) is 0 Å². The van der Waals surface area contributed by atoms with Crippen molar-refractivity contribution < 1.29 is 14.3 Å². The van der Waals surface area contributed by atoms with Gasteiger partial charge in [0.25, 0.3) is 0 Å². The van der Waals surface area contributed by atoms with Crippen LogP contribution in [0.3, 0.4) is 0 Å². The van der Waals surface area contributed by atoms with Gasteiger partial charge in [-0.3, -0.25) is 4.79 Å². The van der Waals surface area contributed by atoms with Gasteiger partial charge < -0.3 is 9.47 Å². The maximum Gasteiger partial charge on any atom is 0.231 e. The Labute approximate surface area is 183 Å². The molecule has 6 heteroatoms. The van der Waals surface area contributed by atoms with Crippen LogP contribution in [0.4, 0.5) is 0 Å². The second-order valence-corrected chi connectivity index (χ2v) is 7.85. The van der Waals surface area contributed by atoms with Crippen LogP contribution in [0.5, 0.6) is 11.5 Å². The summed E-state index contributed by atoms with van der Waals surface area (Å²) in [6.45, 7) is 2.22. The van der Waals surface area contributed by atoms with Crippen LogP contribution in [0.1, 0.15) is 27.0 Å². The zero-order valence-corrected chi connectivity index (χ0v) is 17.6. The lowest BCUT2D eigenvalue weighted by Crippen LogP contribution is -1.98. The Morgan fingerprint density at radius 2 is 1.83 bits per heavy atom. The molecule has 0 N–H and O–H groups in total. The van der Waals surface area contributed by atoms with Gasteiger partial charge >= 0.3 is 0 Å². The van der Waals surface area contributed by atoms with E-state index in [0.29, 0.717) is 38.7 Å². The van der Waals surface area contributed by atoms with Crippen molar-refractivity contribution in [3.05, 3.63) is 97.7 Å². The number of benzene rings is 3. The highest BCUT2D eigenvalue weighted by Gasteiger charge is 2.30. The van der Waals surface area contributed by atoms with Crippen molar-refractivity contribution in [2.45, 2.75) is 13.5 Å². The molecule has 0 aromatic heterocycles. The highest BCUT2D eigenvalue weighted by molar-refractivity contribution is 6.42. The third kappa shape index (κ3) is 4.13. The maximum absolute atomic E-state index is 12.7. The number of hydrogen-bond acceptors (Lipinski definition) is 3. The summed E-state index contributed by atoms with van der Waals surface area (Å²) in [6.07, 6.45) is 1.65. The second-order valence-electron chi connectivity index (χ2n) is 6.60. The summed E-state index contributed by atoms with van der Waals surface area (Å²) < 4.78 is 11.8. The lowest BCUT2D eigenvalue weighted by Gasteiger charge is -2.11. The van der Waals surface area contributed by atoms with E-state index in [0.717, 1.165) is 16.7 Å².